The second kappa shape index (κ2) is 13.9. The molecule has 26 heavy (non-hydrogen) atoms. The quantitative estimate of drug-likeness (QED) is 0.308. The molecule has 0 saturated heterocycles. The standard InChI is InChI=1S/C19H34N4O2.HI/c1-7-15(2)23(5)13-12-21-19(20-4)22-14-16(3)25-18-11-9-8-10-17(18)24-6;/h8-11,15-16H,7,12-14H2,1-6H3,(H2,20,21,22);1H. The minimum absolute atomic E-state index is 0. The van der Waals surface area contributed by atoms with Gasteiger partial charge in [0.1, 0.15) is 6.10 Å². The highest BCUT2D eigenvalue weighted by Crippen LogP contribution is 2.26. The van der Waals surface area contributed by atoms with Gasteiger partial charge in [-0.1, -0.05) is 19.1 Å². The van der Waals surface area contributed by atoms with Gasteiger partial charge >= 0.3 is 0 Å². The van der Waals surface area contributed by atoms with E-state index in [1.54, 1.807) is 14.2 Å². The van der Waals surface area contributed by atoms with Crippen LogP contribution in [0.1, 0.15) is 27.2 Å². The Labute approximate surface area is 175 Å². The minimum atomic E-state index is -0.0161. The molecule has 7 heteroatoms. The van der Waals surface area contributed by atoms with Gasteiger partial charge in [0.25, 0.3) is 0 Å². The van der Waals surface area contributed by atoms with E-state index < -0.39 is 0 Å². The van der Waals surface area contributed by atoms with Gasteiger partial charge in [0.05, 0.1) is 13.7 Å². The Kier molecular flexibility index (Phi) is 13.3. The average Bonchev–Trinajstić information content (AvgIpc) is 2.63. The summed E-state index contributed by atoms with van der Waals surface area (Å²) >= 11 is 0. The zero-order chi connectivity index (χ0) is 18.7. The van der Waals surface area contributed by atoms with E-state index in [1.807, 2.05) is 31.2 Å². The predicted octanol–water partition coefficient (Wildman–Crippen LogP) is 2.98. The van der Waals surface area contributed by atoms with Gasteiger partial charge in [-0.25, -0.2) is 0 Å². The first-order valence-corrected chi connectivity index (χ1v) is 8.96. The molecule has 2 atom stereocenters. The van der Waals surface area contributed by atoms with Crippen molar-refractivity contribution in [3.8, 4) is 11.5 Å². The van der Waals surface area contributed by atoms with Crippen molar-refractivity contribution in [2.45, 2.75) is 39.3 Å². The van der Waals surface area contributed by atoms with Gasteiger partial charge in [-0.15, -0.1) is 24.0 Å². The third-order valence-corrected chi connectivity index (χ3v) is 4.28. The molecule has 0 bridgehead atoms. The Bertz CT molecular complexity index is 528. The molecule has 0 aliphatic heterocycles. The third kappa shape index (κ3) is 8.93. The lowest BCUT2D eigenvalue weighted by molar-refractivity contribution is 0.213. The summed E-state index contributed by atoms with van der Waals surface area (Å²) in [5, 5.41) is 6.64. The molecule has 150 valence electrons. The highest BCUT2D eigenvalue weighted by Gasteiger charge is 2.10. The molecule has 6 nitrogen and oxygen atoms in total. The van der Waals surface area contributed by atoms with Crippen LogP contribution in [-0.2, 0) is 0 Å². The maximum Gasteiger partial charge on any atom is 0.191 e. The van der Waals surface area contributed by atoms with Crippen molar-refractivity contribution in [3.63, 3.8) is 0 Å². The van der Waals surface area contributed by atoms with Crippen LogP contribution in [-0.4, -0.2) is 63.8 Å². The topological polar surface area (TPSA) is 58.1 Å². The van der Waals surface area contributed by atoms with E-state index in [0.29, 0.717) is 12.6 Å². The largest absolute Gasteiger partial charge is 0.493 e. The first-order valence-electron chi connectivity index (χ1n) is 8.96. The number of hydrogen-bond donors (Lipinski definition) is 2. The number of halogens is 1. The van der Waals surface area contributed by atoms with Crippen LogP contribution in [0.4, 0.5) is 0 Å². The fourth-order valence-electron chi connectivity index (χ4n) is 2.32. The van der Waals surface area contributed by atoms with Gasteiger partial charge in [-0.05, 0) is 39.4 Å². The first-order chi connectivity index (χ1) is 12.0. The Morgan fingerprint density at radius 1 is 1.19 bits per heavy atom. The maximum atomic E-state index is 5.94. The lowest BCUT2D eigenvalue weighted by atomic mass is 10.2. The van der Waals surface area contributed by atoms with Crippen LogP contribution in [0.25, 0.3) is 0 Å². The third-order valence-electron chi connectivity index (χ3n) is 4.28. The summed E-state index contributed by atoms with van der Waals surface area (Å²) in [6, 6.07) is 8.26. The van der Waals surface area contributed by atoms with Gasteiger partial charge in [-0.3, -0.25) is 4.99 Å². The van der Waals surface area contributed by atoms with E-state index >= 15 is 0 Å². The molecule has 0 spiro atoms. The second-order valence-electron chi connectivity index (χ2n) is 6.20. The fraction of sp³-hybridized carbons (Fsp3) is 0.632. The molecular formula is C19H35IN4O2. The number of methoxy groups -OCH3 is 1. The van der Waals surface area contributed by atoms with Crippen molar-refractivity contribution >= 4 is 29.9 Å². The van der Waals surface area contributed by atoms with Gasteiger partial charge in [-0.2, -0.15) is 0 Å². The van der Waals surface area contributed by atoms with Gasteiger partial charge in [0, 0.05) is 26.2 Å². The van der Waals surface area contributed by atoms with Crippen molar-refractivity contribution in [2.24, 2.45) is 4.99 Å². The zero-order valence-electron chi connectivity index (χ0n) is 16.9. The number of likely N-dealkylation sites (N-methyl/N-ethyl adjacent to an activating group) is 1. The van der Waals surface area contributed by atoms with Crippen molar-refractivity contribution in [3.05, 3.63) is 24.3 Å². The summed E-state index contributed by atoms with van der Waals surface area (Å²) in [7, 11) is 5.57. The lowest BCUT2D eigenvalue weighted by Crippen LogP contribution is -2.44. The number of nitrogens with zero attached hydrogens (tertiary/aromatic N) is 2. The SMILES string of the molecule is CCC(C)N(C)CCNC(=NC)NCC(C)Oc1ccccc1OC.I. The number of para-hydroxylation sites is 2. The fourth-order valence-corrected chi connectivity index (χ4v) is 2.32. The summed E-state index contributed by atoms with van der Waals surface area (Å²) < 4.78 is 11.3. The molecule has 0 aliphatic carbocycles. The number of hydrogen-bond acceptors (Lipinski definition) is 4. The number of ether oxygens (including phenoxy) is 2. The van der Waals surface area contributed by atoms with Crippen molar-refractivity contribution in [2.75, 3.05) is 40.8 Å². The lowest BCUT2D eigenvalue weighted by Gasteiger charge is -2.24. The van der Waals surface area contributed by atoms with E-state index in [2.05, 4.69) is 41.4 Å². The van der Waals surface area contributed by atoms with Crippen molar-refractivity contribution in [1.29, 1.82) is 0 Å². The Hall–Kier alpha value is -1.22. The summed E-state index contributed by atoms with van der Waals surface area (Å²) in [6.45, 7) is 8.94. The molecule has 0 aromatic heterocycles. The van der Waals surface area contributed by atoms with Crippen LogP contribution in [0.2, 0.25) is 0 Å². The molecule has 2 unspecified atom stereocenters. The molecule has 1 aromatic rings. The molecule has 0 amide bonds. The van der Waals surface area contributed by atoms with E-state index in [4.69, 9.17) is 9.47 Å². The molecule has 0 aliphatic rings. The summed E-state index contributed by atoms with van der Waals surface area (Å²) in [5.74, 6) is 2.27. The highest BCUT2D eigenvalue weighted by atomic mass is 127. The normalized spacial score (nSPS) is 13.6. The number of rotatable bonds is 10. The summed E-state index contributed by atoms with van der Waals surface area (Å²) in [6.07, 6.45) is 1.14. The molecule has 1 rings (SSSR count). The number of guanidine groups is 1. The van der Waals surface area contributed by atoms with E-state index in [-0.39, 0.29) is 30.1 Å². The summed E-state index contributed by atoms with van der Waals surface area (Å²) in [4.78, 5) is 6.60. The van der Waals surface area contributed by atoms with E-state index in [0.717, 1.165) is 37.0 Å². The molecule has 2 N–H and O–H groups in total. The van der Waals surface area contributed by atoms with Crippen LogP contribution in [0.15, 0.2) is 29.3 Å². The Balaban J connectivity index is 0.00000625. The second-order valence-corrected chi connectivity index (χ2v) is 6.20. The minimum Gasteiger partial charge on any atom is -0.493 e. The van der Waals surface area contributed by atoms with Crippen molar-refractivity contribution in [1.82, 2.24) is 15.5 Å². The number of nitrogens with one attached hydrogen (secondary N) is 2. The Morgan fingerprint density at radius 2 is 1.85 bits per heavy atom. The molecule has 0 fully saturated rings. The first kappa shape index (κ1) is 24.8. The number of benzene rings is 1. The predicted molar refractivity (Wildman–Crippen MR) is 120 cm³/mol. The summed E-state index contributed by atoms with van der Waals surface area (Å²) in [5.41, 5.74) is 0. The molecular weight excluding hydrogens is 443 g/mol. The van der Waals surface area contributed by atoms with Crippen LogP contribution in [0.3, 0.4) is 0 Å². The van der Waals surface area contributed by atoms with E-state index in [9.17, 15) is 0 Å². The molecule has 0 radical (unpaired) electrons. The molecule has 0 saturated carbocycles. The Morgan fingerprint density at radius 3 is 2.42 bits per heavy atom. The maximum absolute atomic E-state index is 5.94. The molecule has 0 heterocycles. The monoisotopic (exact) mass is 478 g/mol. The smallest absolute Gasteiger partial charge is 0.191 e. The molecule has 1 aromatic carbocycles. The van der Waals surface area contributed by atoms with Crippen LogP contribution < -0.4 is 20.1 Å². The number of aliphatic imine (C=N–C) groups is 1. The average molecular weight is 478 g/mol. The zero-order valence-corrected chi connectivity index (χ0v) is 19.2. The highest BCUT2D eigenvalue weighted by molar-refractivity contribution is 14.0. The van der Waals surface area contributed by atoms with Gasteiger partial charge < -0.3 is 25.0 Å². The van der Waals surface area contributed by atoms with Crippen LogP contribution in [0, 0.1) is 0 Å². The van der Waals surface area contributed by atoms with Crippen LogP contribution in [0.5, 0.6) is 11.5 Å². The van der Waals surface area contributed by atoms with Gasteiger partial charge in [0.15, 0.2) is 17.5 Å². The van der Waals surface area contributed by atoms with Crippen LogP contribution >= 0.6 is 24.0 Å². The van der Waals surface area contributed by atoms with Crippen molar-refractivity contribution < 1.29 is 9.47 Å². The van der Waals surface area contributed by atoms with E-state index in [1.165, 1.54) is 0 Å². The van der Waals surface area contributed by atoms with Gasteiger partial charge in [0.2, 0.25) is 0 Å².